The first-order valence-electron chi connectivity index (χ1n) is 14.2. The highest BCUT2D eigenvalue weighted by Crippen LogP contribution is 2.21. The van der Waals surface area contributed by atoms with Gasteiger partial charge in [-0.3, -0.25) is 4.79 Å². The van der Waals surface area contributed by atoms with Crippen LogP contribution in [0.25, 0.3) is 0 Å². The standard InChI is InChI=1S/C36H32N4O4/c41-35(37-30-18-20-32(21-19-30)40-39-31-14-8-3-9-15-31)34(38-36(42)44-26-29-12-6-2-7-13-29)24-27-16-22-33(23-17-27)43-25-28-10-4-1-5-11-28/h1-23,34H,24-26H2,(H,37,41)(H,38,42)/t34-/m0/s1. The van der Waals surface area contributed by atoms with Crippen molar-refractivity contribution in [3.05, 3.63) is 156 Å². The van der Waals surface area contributed by atoms with Gasteiger partial charge in [-0.05, 0) is 65.2 Å². The number of rotatable bonds is 12. The molecule has 220 valence electrons. The number of carbonyl (C=O) groups excluding carboxylic acids is 2. The van der Waals surface area contributed by atoms with E-state index in [1.807, 2.05) is 115 Å². The molecule has 44 heavy (non-hydrogen) atoms. The third kappa shape index (κ3) is 9.39. The zero-order valence-corrected chi connectivity index (χ0v) is 24.0. The molecule has 8 nitrogen and oxygen atoms in total. The maximum absolute atomic E-state index is 13.4. The summed E-state index contributed by atoms with van der Waals surface area (Å²) >= 11 is 0. The van der Waals surface area contributed by atoms with E-state index in [4.69, 9.17) is 9.47 Å². The molecule has 0 fully saturated rings. The Morgan fingerprint density at radius 3 is 1.75 bits per heavy atom. The Hall–Kier alpha value is -5.76. The van der Waals surface area contributed by atoms with E-state index in [0.717, 1.165) is 22.4 Å². The molecule has 0 aliphatic rings. The smallest absolute Gasteiger partial charge is 0.408 e. The van der Waals surface area contributed by atoms with Gasteiger partial charge in [0.15, 0.2) is 0 Å². The van der Waals surface area contributed by atoms with Crippen molar-refractivity contribution >= 4 is 29.1 Å². The minimum atomic E-state index is -0.896. The number of nitrogens with zero attached hydrogens (tertiary/aromatic N) is 2. The minimum Gasteiger partial charge on any atom is -0.489 e. The fraction of sp³-hybridized carbons (Fsp3) is 0.111. The molecular weight excluding hydrogens is 552 g/mol. The molecule has 0 bridgehead atoms. The maximum Gasteiger partial charge on any atom is 0.408 e. The van der Waals surface area contributed by atoms with Gasteiger partial charge in [0, 0.05) is 12.1 Å². The summed E-state index contributed by atoms with van der Waals surface area (Å²) in [6.45, 7) is 0.542. The zero-order chi connectivity index (χ0) is 30.4. The van der Waals surface area contributed by atoms with Gasteiger partial charge in [-0.2, -0.15) is 10.2 Å². The van der Waals surface area contributed by atoms with Gasteiger partial charge in [0.1, 0.15) is 25.0 Å². The molecule has 2 N–H and O–H groups in total. The number of benzene rings is 5. The molecule has 5 aromatic rings. The summed E-state index contributed by atoms with van der Waals surface area (Å²) in [6, 6.07) is 42.2. The number of carbonyl (C=O) groups is 2. The molecule has 8 heteroatoms. The Kier molecular flexibility index (Phi) is 10.4. The van der Waals surface area contributed by atoms with Crippen molar-refractivity contribution in [1.82, 2.24) is 5.32 Å². The number of amides is 2. The van der Waals surface area contributed by atoms with Gasteiger partial charge in [-0.25, -0.2) is 4.79 Å². The van der Waals surface area contributed by atoms with Crippen molar-refractivity contribution < 1.29 is 19.1 Å². The Morgan fingerprint density at radius 2 is 1.14 bits per heavy atom. The second-order valence-electron chi connectivity index (χ2n) is 9.95. The van der Waals surface area contributed by atoms with E-state index in [1.165, 1.54) is 0 Å². The van der Waals surface area contributed by atoms with Crippen molar-refractivity contribution in [1.29, 1.82) is 0 Å². The van der Waals surface area contributed by atoms with Crippen LogP contribution in [0.4, 0.5) is 21.9 Å². The second-order valence-corrected chi connectivity index (χ2v) is 9.95. The monoisotopic (exact) mass is 584 g/mol. The first kappa shape index (κ1) is 29.7. The van der Waals surface area contributed by atoms with Crippen LogP contribution in [0.5, 0.6) is 5.75 Å². The number of hydrogen-bond acceptors (Lipinski definition) is 6. The molecule has 0 radical (unpaired) electrons. The zero-order valence-electron chi connectivity index (χ0n) is 24.0. The lowest BCUT2D eigenvalue weighted by molar-refractivity contribution is -0.118. The number of alkyl carbamates (subject to hydrolysis) is 1. The topological polar surface area (TPSA) is 101 Å². The first-order valence-corrected chi connectivity index (χ1v) is 14.2. The third-order valence-electron chi connectivity index (χ3n) is 6.60. The summed E-state index contributed by atoms with van der Waals surface area (Å²) < 4.78 is 11.3. The Labute approximate surface area is 256 Å². The van der Waals surface area contributed by atoms with Crippen molar-refractivity contribution in [3.63, 3.8) is 0 Å². The number of hydrogen-bond donors (Lipinski definition) is 2. The van der Waals surface area contributed by atoms with E-state index >= 15 is 0 Å². The van der Waals surface area contributed by atoms with Crippen molar-refractivity contribution in [2.75, 3.05) is 5.32 Å². The third-order valence-corrected chi connectivity index (χ3v) is 6.60. The van der Waals surface area contributed by atoms with Crippen LogP contribution in [0.2, 0.25) is 0 Å². The molecule has 0 heterocycles. The minimum absolute atomic E-state index is 0.0907. The molecule has 5 rings (SSSR count). The van der Waals surface area contributed by atoms with E-state index < -0.39 is 12.1 Å². The molecule has 0 unspecified atom stereocenters. The second kappa shape index (κ2) is 15.5. The highest BCUT2D eigenvalue weighted by Gasteiger charge is 2.22. The van der Waals surface area contributed by atoms with Crippen LogP contribution < -0.4 is 15.4 Å². The fourth-order valence-electron chi connectivity index (χ4n) is 4.27. The summed E-state index contributed by atoms with van der Waals surface area (Å²) in [5.41, 5.74) is 4.70. The van der Waals surface area contributed by atoms with Crippen LogP contribution in [0.15, 0.2) is 150 Å². The van der Waals surface area contributed by atoms with Crippen LogP contribution in [0.1, 0.15) is 16.7 Å². The lowest BCUT2D eigenvalue weighted by Gasteiger charge is -2.19. The van der Waals surface area contributed by atoms with Gasteiger partial charge in [0.05, 0.1) is 11.4 Å². The van der Waals surface area contributed by atoms with Crippen LogP contribution in [0, 0.1) is 0 Å². The Bertz CT molecular complexity index is 1640. The highest BCUT2D eigenvalue weighted by molar-refractivity contribution is 5.96. The van der Waals surface area contributed by atoms with Crippen molar-refractivity contribution in [2.45, 2.75) is 25.7 Å². The Balaban J connectivity index is 1.22. The summed E-state index contributed by atoms with van der Waals surface area (Å²) in [4.78, 5) is 26.1. The van der Waals surface area contributed by atoms with Gasteiger partial charge >= 0.3 is 6.09 Å². The molecule has 0 saturated heterocycles. The lowest BCUT2D eigenvalue weighted by Crippen LogP contribution is -2.45. The van der Waals surface area contributed by atoms with Crippen LogP contribution in [0.3, 0.4) is 0 Å². The predicted octanol–water partition coefficient (Wildman–Crippen LogP) is 8.16. The van der Waals surface area contributed by atoms with Gasteiger partial charge < -0.3 is 20.1 Å². The summed E-state index contributed by atoms with van der Waals surface area (Å²) in [5, 5.41) is 14.1. The molecule has 0 aromatic heterocycles. The SMILES string of the molecule is O=C(N[C@@H](Cc1ccc(OCc2ccccc2)cc1)C(=O)Nc1ccc(N=Nc2ccccc2)cc1)OCc1ccccc1. The quantitative estimate of drug-likeness (QED) is 0.144. The van der Waals surface area contributed by atoms with Crippen molar-refractivity contribution in [3.8, 4) is 5.75 Å². The normalized spacial score (nSPS) is 11.5. The van der Waals surface area contributed by atoms with Crippen LogP contribution in [-0.4, -0.2) is 18.0 Å². The molecule has 0 aliphatic carbocycles. The number of nitrogens with one attached hydrogen (secondary N) is 2. The summed E-state index contributed by atoms with van der Waals surface area (Å²) in [6.07, 6.45) is -0.442. The van der Waals surface area contributed by atoms with Gasteiger partial charge in [0.25, 0.3) is 0 Å². The first-order chi connectivity index (χ1) is 21.6. The van der Waals surface area contributed by atoms with E-state index in [9.17, 15) is 9.59 Å². The van der Waals surface area contributed by atoms with E-state index in [1.54, 1.807) is 24.3 Å². The molecule has 0 saturated carbocycles. The van der Waals surface area contributed by atoms with Crippen molar-refractivity contribution in [2.24, 2.45) is 10.2 Å². The summed E-state index contributed by atoms with van der Waals surface area (Å²) in [7, 11) is 0. The molecule has 2 amide bonds. The Morgan fingerprint density at radius 1 is 0.591 bits per heavy atom. The highest BCUT2D eigenvalue weighted by atomic mass is 16.5. The van der Waals surface area contributed by atoms with Gasteiger partial charge in [-0.15, -0.1) is 0 Å². The maximum atomic E-state index is 13.4. The van der Waals surface area contributed by atoms with Crippen LogP contribution in [-0.2, 0) is 29.2 Å². The van der Waals surface area contributed by atoms with Gasteiger partial charge in [-0.1, -0.05) is 91.0 Å². The summed E-state index contributed by atoms with van der Waals surface area (Å²) in [5.74, 6) is 0.322. The van der Waals surface area contributed by atoms with E-state index in [-0.39, 0.29) is 18.9 Å². The average Bonchev–Trinajstić information content (AvgIpc) is 3.08. The largest absolute Gasteiger partial charge is 0.489 e. The molecule has 0 spiro atoms. The fourth-order valence-corrected chi connectivity index (χ4v) is 4.27. The molecule has 5 aromatic carbocycles. The molecule has 1 atom stereocenters. The van der Waals surface area contributed by atoms with Gasteiger partial charge in [0.2, 0.25) is 5.91 Å². The number of anilines is 1. The van der Waals surface area contributed by atoms with E-state index in [2.05, 4.69) is 20.9 Å². The van der Waals surface area contributed by atoms with Crippen LogP contribution >= 0.6 is 0 Å². The lowest BCUT2D eigenvalue weighted by atomic mass is 10.0. The number of ether oxygens (including phenoxy) is 2. The molecular formula is C36H32N4O4. The van der Waals surface area contributed by atoms with E-state index in [0.29, 0.717) is 23.7 Å². The average molecular weight is 585 g/mol. The predicted molar refractivity (Wildman–Crippen MR) is 170 cm³/mol. The number of azo groups is 1. The molecule has 0 aliphatic heterocycles.